The minimum Gasteiger partial charge on any atom is -0.379 e. The Morgan fingerprint density at radius 3 is 2.86 bits per heavy atom. The van der Waals surface area contributed by atoms with E-state index < -0.39 is 0 Å². The Kier molecular flexibility index (Phi) is 4.43. The molecule has 0 spiro atoms. The largest absolute Gasteiger partial charge is 0.379 e. The zero-order valence-electron chi connectivity index (χ0n) is 12.8. The Bertz CT molecular complexity index is 570. The van der Waals surface area contributed by atoms with Gasteiger partial charge in [-0.2, -0.15) is 5.10 Å². The molecule has 0 unspecified atom stereocenters. The van der Waals surface area contributed by atoms with Gasteiger partial charge < -0.3 is 10.2 Å². The number of nitrogens with one attached hydrogen (secondary N) is 1. The van der Waals surface area contributed by atoms with E-state index in [0.29, 0.717) is 0 Å². The van der Waals surface area contributed by atoms with Crippen LogP contribution in [0.2, 0.25) is 0 Å². The lowest BCUT2D eigenvalue weighted by atomic mass is 10.2. The Morgan fingerprint density at radius 2 is 2.05 bits per heavy atom. The molecule has 3 rings (SSSR count). The van der Waals surface area contributed by atoms with Gasteiger partial charge in [-0.1, -0.05) is 13.0 Å². The summed E-state index contributed by atoms with van der Waals surface area (Å²) in [6.07, 6.45) is 5.62. The van der Waals surface area contributed by atoms with E-state index in [0.717, 1.165) is 19.5 Å². The molecule has 1 aliphatic heterocycles. The third-order valence-electron chi connectivity index (χ3n) is 4.03. The first-order valence-electron chi connectivity index (χ1n) is 7.96. The van der Waals surface area contributed by atoms with Crippen LogP contribution >= 0.6 is 0 Å². The molecule has 4 heteroatoms. The molecule has 1 saturated heterocycles. The number of hydrogen-bond donors (Lipinski definition) is 1. The van der Waals surface area contributed by atoms with Gasteiger partial charge in [0.15, 0.2) is 0 Å². The maximum absolute atomic E-state index is 4.37. The minimum atomic E-state index is 0.823. The Balaban J connectivity index is 1.64. The van der Waals surface area contributed by atoms with E-state index >= 15 is 0 Å². The zero-order chi connectivity index (χ0) is 14.5. The number of rotatable bonds is 6. The van der Waals surface area contributed by atoms with Crippen molar-refractivity contribution < 1.29 is 0 Å². The number of benzene rings is 1. The molecular weight excluding hydrogens is 260 g/mol. The third-order valence-corrected chi connectivity index (χ3v) is 4.03. The van der Waals surface area contributed by atoms with Crippen molar-refractivity contribution in [3.63, 3.8) is 0 Å². The van der Waals surface area contributed by atoms with E-state index in [1.165, 1.54) is 43.0 Å². The highest BCUT2D eigenvalue weighted by Crippen LogP contribution is 2.23. The molecule has 1 aliphatic rings. The van der Waals surface area contributed by atoms with Crippen molar-refractivity contribution in [1.29, 1.82) is 0 Å². The normalized spacial score (nSPS) is 14.6. The highest BCUT2D eigenvalue weighted by molar-refractivity contribution is 5.58. The van der Waals surface area contributed by atoms with Gasteiger partial charge in [0.25, 0.3) is 0 Å². The van der Waals surface area contributed by atoms with E-state index in [4.69, 9.17) is 0 Å². The lowest BCUT2D eigenvalue weighted by molar-refractivity contribution is 0.578. The van der Waals surface area contributed by atoms with Crippen LogP contribution in [0.15, 0.2) is 36.5 Å². The predicted octanol–water partition coefficient (Wildman–Crippen LogP) is 3.51. The molecule has 1 N–H and O–H groups in total. The molecule has 1 fully saturated rings. The summed E-state index contributed by atoms with van der Waals surface area (Å²) in [5.41, 5.74) is 3.76. The molecule has 0 amide bonds. The van der Waals surface area contributed by atoms with Gasteiger partial charge in [0.2, 0.25) is 0 Å². The van der Waals surface area contributed by atoms with Crippen molar-refractivity contribution >= 4 is 11.4 Å². The van der Waals surface area contributed by atoms with Crippen molar-refractivity contribution in [2.45, 2.75) is 39.3 Å². The fraction of sp³-hybridized carbons (Fsp3) is 0.471. The van der Waals surface area contributed by atoms with Crippen molar-refractivity contribution in [1.82, 2.24) is 9.78 Å². The van der Waals surface area contributed by atoms with Gasteiger partial charge in [-0.05, 0) is 43.5 Å². The first-order chi connectivity index (χ1) is 10.4. The maximum atomic E-state index is 4.37. The lowest BCUT2D eigenvalue weighted by Crippen LogP contribution is -2.17. The van der Waals surface area contributed by atoms with Gasteiger partial charge >= 0.3 is 0 Å². The van der Waals surface area contributed by atoms with E-state index in [9.17, 15) is 0 Å². The van der Waals surface area contributed by atoms with Crippen LogP contribution in [0.3, 0.4) is 0 Å². The van der Waals surface area contributed by atoms with Gasteiger partial charge in [0.05, 0.1) is 12.2 Å². The average Bonchev–Trinajstić information content (AvgIpc) is 3.18. The monoisotopic (exact) mass is 284 g/mol. The molecule has 2 heterocycles. The highest BCUT2D eigenvalue weighted by Gasteiger charge is 2.12. The summed E-state index contributed by atoms with van der Waals surface area (Å²) in [7, 11) is 0. The summed E-state index contributed by atoms with van der Waals surface area (Å²) in [5.74, 6) is 0. The molecule has 0 radical (unpaired) electrons. The molecule has 0 aliphatic carbocycles. The summed E-state index contributed by atoms with van der Waals surface area (Å²) in [6.45, 7) is 6.36. The summed E-state index contributed by atoms with van der Waals surface area (Å²) < 4.78 is 2.08. The second-order valence-electron chi connectivity index (χ2n) is 5.64. The topological polar surface area (TPSA) is 33.1 Å². The fourth-order valence-corrected chi connectivity index (χ4v) is 2.90. The average molecular weight is 284 g/mol. The number of nitrogens with zero attached hydrogens (tertiary/aromatic N) is 3. The minimum absolute atomic E-state index is 0.823. The first kappa shape index (κ1) is 14.0. The third kappa shape index (κ3) is 3.38. The molecule has 112 valence electrons. The first-order valence-corrected chi connectivity index (χ1v) is 7.96. The van der Waals surface area contributed by atoms with E-state index in [2.05, 4.69) is 57.3 Å². The van der Waals surface area contributed by atoms with Crippen LogP contribution < -0.4 is 10.2 Å². The van der Waals surface area contributed by atoms with Crippen LogP contribution in [-0.4, -0.2) is 22.9 Å². The van der Waals surface area contributed by atoms with Crippen molar-refractivity contribution in [3.8, 4) is 0 Å². The smallest absolute Gasteiger partial charge is 0.0575 e. The number of aromatic nitrogens is 2. The molecule has 2 aromatic rings. The molecule has 4 nitrogen and oxygen atoms in total. The van der Waals surface area contributed by atoms with E-state index in [1.54, 1.807) is 0 Å². The van der Waals surface area contributed by atoms with Gasteiger partial charge in [-0.15, -0.1) is 0 Å². The summed E-state index contributed by atoms with van der Waals surface area (Å²) in [5, 5.41) is 7.89. The molecule has 0 atom stereocenters. The Morgan fingerprint density at radius 1 is 1.19 bits per heavy atom. The fourth-order valence-electron chi connectivity index (χ4n) is 2.90. The maximum Gasteiger partial charge on any atom is 0.0575 e. The summed E-state index contributed by atoms with van der Waals surface area (Å²) in [4.78, 5) is 2.46. The van der Waals surface area contributed by atoms with Crippen LogP contribution in [0.5, 0.6) is 0 Å². The van der Waals surface area contributed by atoms with E-state index in [-0.39, 0.29) is 0 Å². The SMILES string of the molecule is CCCn1nccc1CNc1cccc(N2CCCC2)c1. The quantitative estimate of drug-likeness (QED) is 0.881. The molecule has 0 bridgehead atoms. The highest BCUT2D eigenvalue weighted by atomic mass is 15.3. The van der Waals surface area contributed by atoms with Gasteiger partial charge in [-0.25, -0.2) is 0 Å². The van der Waals surface area contributed by atoms with Gasteiger partial charge in [0, 0.05) is 37.2 Å². The van der Waals surface area contributed by atoms with Gasteiger partial charge in [-0.3, -0.25) is 4.68 Å². The van der Waals surface area contributed by atoms with Crippen LogP contribution in [0.1, 0.15) is 31.9 Å². The lowest BCUT2D eigenvalue weighted by Gasteiger charge is -2.18. The Labute approximate surface area is 126 Å². The molecule has 1 aromatic heterocycles. The summed E-state index contributed by atoms with van der Waals surface area (Å²) >= 11 is 0. The van der Waals surface area contributed by atoms with E-state index in [1.807, 2.05) is 6.20 Å². The van der Waals surface area contributed by atoms with Gasteiger partial charge in [0.1, 0.15) is 0 Å². The molecule has 1 aromatic carbocycles. The van der Waals surface area contributed by atoms with Crippen LogP contribution in [0, 0.1) is 0 Å². The summed E-state index contributed by atoms with van der Waals surface area (Å²) in [6, 6.07) is 10.8. The number of anilines is 2. The van der Waals surface area contributed by atoms with Crippen LogP contribution in [0.25, 0.3) is 0 Å². The Hall–Kier alpha value is -1.97. The predicted molar refractivity (Wildman–Crippen MR) is 87.7 cm³/mol. The number of aryl methyl sites for hydroxylation is 1. The standard InChI is InChI=1S/C17H24N4/c1-2-10-21-17(8-9-19-21)14-18-15-6-5-7-16(13-15)20-11-3-4-12-20/h5-9,13,18H,2-4,10-12,14H2,1H3. The van der Waals surface area contributed by atoms with Crippen molar-refractivity contribution in [2.24, 2.45) is 0 Å². The second-order valence-corrected chi connectivity index (χ2v) is 5.64. The zero-order valence-corrected chi connectivity index (χ0v) is 12.8. The van der Waals surface area contributed by atoms with Crippen molar-refractivity contribution in [2.75, 3.05) is 23.3 Å². The van der Waals surface area contributed by atoms with Crippen molar-refractivity contribution in [3.05, 3.63) is 42.2 Å². The molecule has 21 heavy (non-hydrogen) atoms. The van der Waals surface area contributed by atoms with Crippen LogP contribution in [-0.2, 0) is 13.1 Å². The second kappa shape index (κ2) is 6.66. The van der Waals surface area contributed by atoms with Crippen LogP contribution in [0.4, 0.5) is 11.4 Å². The molecular formula is C17H24N4. The molecule has 0 saturated carbocycles. The number of hydrogen-bond acceptors (Lipinski definition) is 3.